The molecule has 1 amide bonds. The monoisotopic (exact) mass is 468 g/mol. The Bertz CT molecular complexity index is 1170. The van der Waals surface area contributed by atoms with Crippen molar-refractivity contribution in [1.82, 2.24) is 9.88 Å². The molecule has 2 aromatic carbocycles. The van der Waals surface area contributed by atoms with Gasteiger partial charge in [0.25, 0.3) is 0 Å². The quantitative estimate of drug-likeness (QED) is 0.574. The maximum Gasteiger partial charge on any atom is 0.341 e. The first kappa shape index (κ1) is 21.0. The molecule has 1 aromatic heterocycles. The van der Waals surface area contributed by atoms with Crippen LogP contribution in [-0.4, -0.2) is 40.0 Å². The molecule has 1 N–H and O–H groups in total. The Balaban J connectivity index is 1.50. The minimum Gasteiger partial charge on any atom is -0.482 e. The molecule has 1 saturated carbocycles. The number of halogens is 1. The molecule has 32 heavy (non-hydrogen) atoms. The van der Waals surface area contributed by atoms with Crippen molar-refractivity contribution in [2.45, 2.75) is 24.8 Å². The first-order valence-corrected chi connectivity index (χ1v) is 11.7. The highest BCUT2D eigenvalue weighted by Gasteiger charge is 2.48. The van der Waals surface area contributed by atoms with Gasteiger partial charge in [-0.15, -0.1) is 11.3 Å². The SMILES string of the molecule is O=C(O)COc1ccc(Cl)cc1[C@@H]1c2scnc2CCN1C(=O)[C@@H]1C[C@H]1c1ccccc1. The van der Waals surface area contributed by atoms with Crippen LogP contribution < -0.4 is 4.74 Å². The van der Waals surface area contributed by atoms with E-state index in [2.05, 4.69) is 17.1 Å². The molecule has 8 heteroatoms. The number of benzene rings is 2. The Morgan fingerprint density at radius 2 is 2.03 bits per heavy atom. The molecule has 0 radical (unpaired) electrons. The van der Waals surface area contributed by atoms with Crippen molar-refractivity contribution in [3.63, 3.8) is 0 Å². The lowest BCUT2D eigenvalue weighted by Crippen LogP contribution is -2.41. The Kier molecular flexibility index (Phi) is 5.61. The van der Waals surface area contributed by atoms with Gasteiger partial charge in [0.2, 0.25) is 5.91 Å². The van der Waals surface area contributed by atoms with E-state index in [0.717, 1.165) is 17.0 Å². The summed E-state index contributed by atoms with van der Waals surface area (Å²) in [5.74, 6) is -0.376. The third kappa shape index (κ3) is 3.98. The van der Waals surface area contributed by atoms with Crippen LogP contribution in [0, 0.1) is 5.92 Å². The maximum atomic E-state index is 13.7. The number of hydrogen-bond acceptors (Lipinski definition) is 5. The minimum absolute atomic E-state index is 0.0584. The van der Waals surface area contributed by atoms with E-state index in [4.69, 9.17) is 21.4 Å². The van der Waals surface area contributed by atoms with Gasteiger partial charge in [-0.1, -0.05) is 41.9 Å². The van der Waals surface area contributed by atoms with E-state index in [9.17, 15) is 9.59 Å². The van der Waals surface area contributed by atoms with Gasteiger partial charge in [0, 0.05) is 29.5 Å². The van der Waals surface area contributed by atoms with Crippen LogP contribution in [0.2, 0.25) is 5.02 Å². The number of rotatable bonds is 6. The molecule has 0 spiro atoms. The predicted octanol–water partition coefficient (Wildman–Crippen LogP) is 4.54. The molecule has 6 nitrogen and oxygen atoms in total. The fourth-order valence-electron chi connectivity index (χ4n) is 4.49. The van der Waals surface area contributed by atoms with Crippen molar-refractivity contribution in [3.8, 4) is 5.75 Å². The predicted molar refractivity (Wildman–Crippen MR) is 121 cm³/mol. The molecule has 2 heterocycles. The van der Waals surface area contributed by atoms with E-state index in [1.54, 1.807) is 23.7 Å². The number of hydrogen-bond donors (Lipinski definition) is 1. The number of amides is 1. The number of aliphatic carboxylic acids is 1. The minimum atomic E-state index is -1.07. The smallest absolute Gasteiger partial charge is 0.341 e. The van der Waals surface area contributed by atoms with Crippen LogP contribution in [0.25, 0.3) is 0 Å². The third-order valence-electron chi connectivity index (χ3n) is 6.06. The highest BCUT2D eigenvalue weighted by Crippen LogP contribution is 2.51. The lowest BCUT2D eigenvalue weighted by molar-refractivity contribution is -0.139. The molecule has 3 aromatic rings. The van der Waals surface area contributed by atoms with Crippen molar-refractivity contribution in [3.05, 3.63) is 80.8 Å². The fourth-order valence-corrected chi connectivity index (χ4v) is 5.63. The molecule has 1 fully saturated rings. The van der Waals surface area contributed by atoms with Gasteiger partial charge in [0.1, 0.15) is 5.75 Å². The summed E-state index contributed by atoms with van der Waals surface area (Å²) in [6.45, 7) is 0.0761. The van der Waals surface area contributed by atoms with Crippen molar-refractivity contribution in [1.29, 1.82) is 0 Å². The second kappa shape index (κ2) is 8.56. The van der Waals surface area contributed by atoms with E-state index in [1.807, 2.05) is 23.1 Å². The second-order valence-corrected chi connectivity index (χ2v) is 9.39. The summed E-state index contributed by atoms with van der Waals surface area (Å²) in [5, 5.41) is 9.59. The molecule has 0 unspecified atom stereocenters. The molecule has 1 aliphatic heterocycles. The molecule has 0 bridgehead atoms. The van der Waals surface area contributed by atoms with Crippen LogP contribution in [0.1, 0.15) is 40.1 Å². The lowest BCUT2D eigenvalue weighted by atomic mass is 9.95. The van der Waals surface area contributed by atoms with Crippen LogP contribution in [0.3, 0.4) is 0 Å². The highest BCUT2D eigenvalue weighted by molar-refractivity contribution is 7.09. The largest absolute Gasteiger partial charge is 0.482 e. The Hall–Kier alpha value is -2.90. The standard InChI is InChI=1S/C24H21ClN2O4S/c25-15-6-7-20(31-12-21(28)29)18(10-15)22-23-19(26-13-32-23)8-9-27(22)24(30)17-11-16(17)14-4-2-1-3-5-14/h1-7,10,13,16-17,22H,8-9,11-12H2,(H,28,29)/t16-,17+,22+/m0/s1. The van der Waals surface area contributed by atoms with E-state index in [-0.39, 0.29) is 17.7 Å². The number of thiazole rings is 1. The molecule has 3 atom stereocenters. The zero-order chi connectivity index (χ0) is 22.2. The normalized spacial score (nSPS) is 21.7. The Morgan fingerprint density at radius 3 is 2.81 bits per heavy atom. The first-order valence-electron chi connectivity index (χ1n) is 10.4. The number of nitrogens with zero attached hydrogens (tertiary/aromatic N) is 2. The summed E-state index contributed by atoms with van der Waals surface area (Å²) in [6.07, 6.45) is 1.52. The molecule has 1 aliphatic carbocycles. The summed E-state index contributed by atoms with van der Waals surface area (Å²) in [4.78, 5) is 32.1. The van der Waals surface area contributed by atoms with Gasteiger partial charge < -0.3 is 14.7 Å². The summed E-state index contributed by atoms with van der Waals surface area (Å²) in [5.41, 5.74) is 4.63. The molecular weight excluding hydrogens is 448 g/mol. The van der Waals surface area contributed by atoms with Crippen LogP contribution in [0.4, 0.5) is 0 Å². The Labute approximate surface area is 194 Å². The van der Waals surface area contributed by atoms with Gasteiger partial charge in [-0.25, -0.2) is 9.78 Å². The lowest BCUT2D eigenvalue weighted by Gasteiger charge is -2.36. The molecule has 5 rings (SSSR count). The Morgan fingerprint density at radius 1 is 1.22 bits per heavy atom. The third-order valence-corrected chi connectivity index (χ3v) is 7.22. The summed E-state index contributed by atoms with van der Waals surface area (Å²) in [6, 6.07) is 14.8. The van der Waals surface area contributed by atoms with Crippen molar-refractivity contribution in [2.24, 2.45) is 5.92 Å². The number of aromatic nitrogens is 1. The van der Waals surface area contributed by atoms with Gasteiger partial charge in [-0.05, 0) is 36.1 Å². The van der Waals surface area contributed by atoms with Crippen LogP contribution in [0.15, 0.2) is 54.0 Å². The van der Waals surface area contributed by atoms with E-state index in [1.165, 1.54) is 16.9 Å². The number of ether oxygens (including phenoxy) is 1. The zero-order valence-electron chi connectivity index (χ0n) is 17.1. The number of fused-ring (bicyclic) bond motifs is 1. The topological polar surface area (TPSA) is 79.7 Å². The van der Waals surface area contributed by atoms with Crippen LogP contribution in [-0.2, 0) is 16.0 Å². The van der Waals surface area contributed by atoms with Crippen LogP contribution in [0.5, 0.6) is 5.75 Å². The molecule has 164 valence electrons. The fraction of sp³-hybridized carbons (Fsp3) is 0.292. The zero-order valence-corrected chi connectivity index (χ0v) is 18.7. The van der Waals surface area contributed by atoms with Gasteiger partial charge in [0.05, 0.1) is 22.1 Å². The first-order chi connectivity index (χ1) is 15.5. The number of carboxylic acid groups (broad SMARTS) is 1. The average molecular weight is 469 g/mol. The summed E-state index contributed by atoms with van der Waals surface area (Å²) >= 11 is 7.82. The van der Waals surface area contributed by atoms with Gasteiger partial charge in [-0.3, -0.25) is 4.79 Å². The highest BCUT2D eigenvalue weighted by atomic mass is 35.5. The maximum absolute atomic E-state index is 13.7. The van der Waals surface area contributed by atoms with Gasteiger partial charge >= 0.3 is 5.97 Å². The van der Waals surface area contributed by atoms with E-state index >= 15 is 0 Å². The summed E-state index contributed by atoms with van der Waals surface area (Å²) < 4.78 is 5.58. The van der Waals surface area contributed by atoms with Crippen LogP contribution >= 0.6 is 22.9 Å². The number of carbonyl (C=O) groups excluding carboxylic acids is 1. The van der Waals surface area contributed by atoms with Gasteiger partial charge in [0.15, 0.2) is 6.61 Å². The molecule has 2 aliphatic rings. The summed E-state index contributed by atoms with van der Waals surface area (Å²) in [7, 11) is 0. The molecular formula is C24H21ClN2O4S. The van der Waals surface area contributed by atoms with Crippen molar-refractivity contribution in [2.75, 3.05) is 13.2 Å². The molecule has 0 saturated heterocycles. The van der Waals surface area contributed by atoms with Crippen molar-refractivity contribution < 1.29 is 19.4 Å². The number of carbonyl (C=O) groups is 2. The van der Waals surface area contributed by atoms with Gasteiger partial charge in [-0.2, -0.15) is 0 Å². The number of carboxylic acids is 1. The van der Waals surface area contributed by atoms with E-state index < -0.39 is 18.6 Å². The average Bonchev–Trinajstić information content (AvgIpc) is 3.46. The van der Waals surface area contributed by atoms with Crippen molar-refractivity contribution >= 4 is 34.8 Å². The van der Waals surface area contributed by atoms with E-state index in [0.29, 0.717) is 29.3 Å². The second-order valence-electron chi connectivity index (χ2n) is 8.07.